The number of hydrogen-bond acceptors (Lipinski definition) is 1. The first kappa shape index (κ1) is 42.5. The molecule has 306 valence electrons. The standard InChI is InChI=1S/C54H46N2.C3H8.C2H6/c1-5-17-48-46(6-2)53(39-29-33-44(34-30-39)56-51(7-3)37(4)47-22-15-16-25-52(47)56)49-23-13-14-24-50(49)54(48)40-27-31-43(32-28-40)55(42-20-9-8-10-21-42)45-35-26-38-18-11-12-19-41(38)36-45;1-3-2;1-2/h6,8-36H,5,7H2,1-4H3;3H2,1-2H3;1-2H3/b46-6+,48-17+;;. The highest BCUT2D eigenvalue weighted by Gasteiger charge is 2.18. The summed E-state index contributed by atoms with van der Waals surface area (Å²) in [5, 5.41) is 8.88. The van der Waals surface area contributed by atoms with Crippen LogP contribution < -0.4 is 15.3 Å². The van der Waals surface area contributed by atoms with E-state index in [1.54, 1.807) is 0 Å². The second kappa shape index (κ2) is 19.6. The van der Waals surface area contributed by atoms with Crippen LogP contribution in [0.4, 0.5) is 17.1 Å². The molecule has 1 heterocycles. The Kier molecular flexibility index (Phi) is 13.7. The Balaban J connectivity index is 0.00000108. The van der Waals surface area contributed by atoms with Gasteiger partial charge in [0.25, 0.3) is 0 Å². The molecule has 0 N–H and O–H groups in total. The topological polar surface area (TPSA) is 8.17 Å². The molecule has 9 rings (SSSR count). The van der Waals surface area contributed by atoms with Crippen LogP contribution in [-0.2, 0) is 6.42 Å². The summed E-state index contributed by atoms with van der Waals surface area (Å²) in [5.74, 6) is 0. The monoisotopic (exact) mass is 796 g/mol. The fourth-order valence-corrected chi connectivity index (χ4v) is 8.88. The predicted octanol–water partition coefficient (Wildman–Crippen LogP) is 16.0. The SMILES string of the molecule is C/C=c1/c(-c2ccc(-n3c(CC)c(C)c4ccccc43)cc2)c2ccccc2c(-c2ccc(N(c3ccccc3)c3ccc4ccccc4c3)cc2)/c1=C/CC.CC.CCC. The minimum absolute atomic E-state index is 0.937. The molecule has 0 aliphatic rings. The summed E-state index contributed by atoms with van der Waals surface area (Å²) in [6.07, 6.45) is 7.89. The smallest absolute Gasteiger partial charge is 0.0534 e. The minimum atomic E-state index is 0.937. The summed E-state index contributed by atoms with van der Waals surface area (Å²) < 4.78 is 2.45. The van der Waals surface area contributed by atoms with Crippen molar-refractivity contribution in [3.05, 3.63) is 192 Å². The summed E-state index contributed by atoms with van der Waals surface area (Å²) >= 11 is 0. The van der Waals surface area contributed by atoms with Gasteiger partial charge in [0.2, 0.25) is 0 Å². The number of hydrogen-bond donors (Lipinski definition) is 0. The average molecular weight is 797 g/mol. The van der Waals surface area contributed by atoms with Crippen molar-refractivity contribution >= 4 is 61.7 Å². The molecular formula is C59H60N2. The second-order valence-electron chi connectivity index (χ2n) is 15.3. The molecule has 0 bridgehead atoms. The lowest BCUT2D eigenvalue weighted by Gasteiger charge is -2.26. The third-order valence-corrected chi connectivity index (χ3v) is 11.4. The van der Waals surface area contributed by atoms with Crippen LogP contribution in [0, 0.1) is 6.92 Å². The van der Waals surface area contributed by atoms with Crippen molar-refractivity contribution in [2.45, 2.75) is 74.7 Å². The van der Waals surface area contributed by atoms with Crippen molar-refractivity contribution in [1.82, 2.24) is 4.57 Å². The zero-order valence-corrected chi connectivity index (χ0v) is 37.3. The number of rotatable bonds is 8. The van der Waals surface area contributed by atoms with Gasteiger partial charge in [-0.25, -0.2) is 0 Å². The fraction of sp³-hybridized carbons (Fsp3) is 0.186. The van der Waals surface area contributed by atoms with Crippen molar-refractivity contribution < 1.29 is 0 Å². The zero-order valence-electron chi connectivity index (χ0n) is 37.3. The molecule has 0 atom stereocenters. The lowest BCUT2D eigenvalue weighted by atomic mass is 9.87. The number of para-hydroxylation sites is 2. The Morgan fingerprint density at radius 1 is 0.508 bits per heavy atom. The maximum absolute atomic E-state index is 2.45. The maximum atomic E-state index is 2.45. The first-order valence-corrected chi connectivity index (χ1v) is 22.4. The quantitative estimate of drug-likeness (QED) is 0.149. The first-order chi connectivity index (χ1) is 30.0. The summed E-state index contributed by atoms with van der Waals surface area (Å²) in [7, 11) is 0. The maximum Gasteiger partial charge on any atom is 0.0534 e. The van der Waals surface area contributed by atoms with Gasteiger partial charge in [-0.1, -0.05) is 175 Å². The predicted molar refractivity (Wildman–Crippen MR) is 269 cm³/mol. The van der Waals surface area contributed by atoms with E-state index in [1.807, 2.05) is 13.8 Å². The third-order valence-electron chi connectivity index (χ3n) is 11.4. The Morgan fingerprint density at radius 2 is 1.02 bits per heavy atom. The molecule has 1 aromatic heterocycles. The Bertz CT molecular complexity index is 3010. The number of benzene rings is 8. The van der Waals surface area contributed by atoms with Crippen LogP contribution in [0.2, 0.25) is 0 Å². The van der Waals surface area contributed by atoms with Crippen molar-refractivity contribution in [2.24, 2.45) is 0 Å². The van der Waals surface area contributed by atoms with E-state index in [4.69, 9.17) is 0 Å². The molecular weight excluding hydrogens is 737 g/mol. The molecule has 0 fully saturated rings. The Labute approximate surface area is 363 Å². The highest BCUT2D eigenvalue weighted by atomic mass is 15.1. The normalized spacial score (nSPS) is 11.7. The van der Waals surface area contributed by atoms with Gasteiger partial charge in [0, 0.05) is 33.8 Å². The van der Waals surface area contributed by atoms with E-state index >= 15 is 0 Å². The Hall–Kier alpha value is -6.64. The molecule has 2 nitrogen and oxygen atoms in total. The summed E-state index contributed by atoms with van der Waals surface area (Å²) in [6, 6.07) is 62.1. The van der Waals surface area contributed by atoms with E-state index in [1.165, 1.54) is 88.5 Å². The molecule has 0 radical (unpaired) electrons. The molecule has 0 saturated carbocycles. The van der Waals surface area contributed by atoms with Crippen LogP contribution in [0.5, 0.6) is 0 Å². The molecule has 0 unspecified atom stereocenters. The number of aryl methyl sites for hydroxylation is 1. The molecule has 61 heavy (non-hydrogen) atoms. The molecule has 9 aromatic rings. The van der Waals surface area contributed by atoms with E-state index in [0.29, 0.717) is 0 Å². The summed E-state index contributed by atoms with van der Waals surface area (Å²) in [4.78, 5) is 2.35. The molecule has 8 aromatic carbocycles. The van der Waals surface area contributed by atoms with Crippen molar-refractivity contribution in [3.63, 3.8) is 0 Å². The average Bonchev–Trinajstić information content (AvgIpc) is 3.61. The highest BCUT2D eigenvalue weighted by molar-refractivity contribution is 6.06. The van der Waals surface area contributed by atoms with Gasteiger partial charge in [0.1, 0.15) is 0 Å². The molecule has 0 amide bonds. The summed E-state index contributed by atoms with van der Waals surface area (Å²) in [6.45, 7) is 17.2. The van der Waals surface area contributed by atoms with Crippen molar-refractivity contribution in [2.75, 3.05) is 4.90 Å². The third kappa shape index (κ3) is 8.28. The van der Waals surface area contributed by atoms with E-state index in [9.17, 15) is 0 Å². The number of anilines is 3. The van der Waals surface area contributed by atoms with E-state index in [-0.39, 0.29) is 0 Å². The Morgan fingerprint density at radius 3 is 1.62 bits per heavy atom. The molecule has 0 spiro atoms. The number of fused-ring (bicyclic) bond motifs is 3. The lowest BCUT2D eigenvalue weighted by Crippen LogP contribution is -2.29. The second-order valence-corrected chi connectivity index (χ2v) is 15.3. The van der Waals surface area contributed by atoms with Gasteiger partial charge < -0.3 is 9.47 Å². The molecule has 2 heteroatoms. The minimum Gasteiger partial charge on any atom is -0.313 e. The van der Waals surface area contributed by atoms with E-state index < -0.39 is 0 Å². The molecule has 0 saturated heterocycles. The summed E-state index contributed by atoms with van der Waals surface area (Å²) in [5.41, 5.74) is 13.6. The van der Waals surface area contributed by atoms with Gasteiger partial charge in [-0.05, 0) is 141 Å². The van der Waals surface area contributed by atoms with E-state index in [2.05, 4.69) is 233 Å². The van der Waals surface area contributed by atoms with Crippen LogP contribution >= 0.6 is 0 Å². The van der Waals surface area contributed by atoms with E-state index in [0.717, 1.165) is 29.9 Å². The van der Waals surface area contributed by atoms with Crippen molar-refractivity contribution in [1.29, 1.82) is 0 Å². The van der Waals surface area contributed by atoms with Crippen LogP contribution in [0.1, 0.15) is 72.6 Å². The molecule has 0 aliphatic heterocycles. The van der Waals surface area contributed by atoms with Crippen LogP contribution in [0.15, 0.2) is 170 Å². The van der Waals surface area contributed by atoms with Gasteiger partial charge in [-0.3, -0.25) is 0 Å². The highest BCUT2D eigenvalue weighted by Crippen LogP contribution is 2.38. The van der Waals surface area contributed by atoms with Crippen LogP contribution in [0.3, 0.4) is 0 Å². The van der Waals surface area contributed by atoms with Crippen molar-refractivity contribution in [3.8, 4) is 27.9 Å². The first-order valence-electron chi connectivity index (χ1n) is 22.4. The number of nitrogens with zero attached hydrogens (tertiary/aromatic N) is 2. The fourth-order valence-electron chi connectivity index (χ4n) is 8.88. The lowest BCUT2D eigenvalue weighted by molar-refractivity contribution is 0.947. The van der Waals surface area contributed by atoms with Gasteiger partial charge in [0.15, 0.2) is 0 Å². The molecule has 0 aliphatic carbocycles. The van der Waals surface area contributed by atoms with Gasteiger partial charge >= 0.3 is 0 Å². The van der Waals surface area contributed by atoms with Crippen LogP contribution in [0.25, 0.3) is 72.5 Å². The van der Waals surface area contributed by atoms with Crippen LogP contribution in [-0.4, -0.2) is 4.57 Å². The zero-order chi connectivity index (χ0) is 42.9. The van der Waals surface area contributed by atoms with Gasteiger partial charge in [-0.2, -0.15) is 0 Å². The largest absolute Gasteiger partial charge is 0.313 e. The van der Waals surface area contributed by atoms with Gasteiger partial charge in [-0.15, -0.1) is 0 Å². The number of aromatic nitrogens is 1. The van der Waals surface area contributed by atoms with Gasteiger partial charge in [0.05, 0.1) is 5.52 Å².